The number of rotatable bonds is 11. The van der Waals surface area contributed by atoms with Crippen LogP contribution in [-0.4, -0.2) is 123 Å². The Bertz CT molecular complexity index is 1010. The van der Waals surface area contributed by atoms with Gasteiger partial charge in [-0.15, -0.1) is 0 Å². The van der Waals surface area contributed by atoms with Crippen LogP contribution < -0.4 is 0 Å². The highest BCUT2D eigenvalue weighted by Gasteiger charge is 2.53. The molecule has 0 bridgehead atoms. The first kappa shape index (κ1) is 37.6. The number of nitrogens with zero attached hydrogens (tertiary/aromatic N) is 2. The second-order valence-electron chi connectivity index (χ2n) is 11.2. The first-order chi connectivity index (χ1) is 21.3. The van der Waals surface area contributed by atoms with Crippen molar-refractivity contribution in [3.05, 3.63) is 35.0 Å². The van der Waals surface area contributed by atoms with Gasteiger partial charge in [0.15, 0.2) is 0 Å². The number of methoxy groups -OCH3 is 2. The van der Waals surface area contributed by atoms with Crippen LogP contribution in [0.15, 0.2) is 12.2 Å². The Morgan fingerprint density at radius 3 is 1.86 bits per heavy atom. The van der Waals surface area contributed by atoms with Crippen LogP contribution in [0, 0.1) is 13.1 Å². The molecule has 0 spiro atoms. The molecule has 0 amide bonds. The lowest BCUT2D eigenvalue weighted by Crippen LogP contribution is -2.51. The molecule has 0 unspecified atom stereocenters. The van der Waals surface area contributed by atoms with Crippen LogP contribution in [0.3, 0.4) is 0 Å². The Kier molecular flexibility index (Phi) is 16.2. The predicted molar refractivity (Wildman–Crippen MR) is 157 cm³/mol. The number of hydrogen-bond acceptors (Lipinski definition) is 11. The average molecular weight is 625 g/mol. The highest BCUT2D eigenvalue weighted by Crippen LogP contribution is 2.44. The summed E-state index contributed by atoms with van der Waals surface area (Å²) in [6.45, 7) is 14.4. The first-order valence-electron chi connectivity index (χ1n) is 15.1. The Morgan fingerprint density at radius 1 is 0.818 bits per heavy atom. The van der Waals surface area contributed by atoms with Gasteiger partial charge in [0.25, 0.3) is 0 Å². The molecule has 4 fully saturated rings. The molecule has 8 atom stereocenters. The van der Waals surface area contributed by atoms with Gasteiger partial charge >= 0.3 is 11.9 Å². The highest BCUT2D eigenvalue weighted by atomic mass is 16.6. The van der Waals surface area contributed by atoms with Crippen molar-refractivity contribution in [2.75, 3.05) is 47.6 Å². The van der Waals surface area contributed by atoms with Gasteiger partial charge < -0.3 is 53.4 Å². The average Bonchev–Trinajstić information content (AvgIpc) is 3.63. The van der Waals surface area contributed by atoms with E-state index in [1.807, 2.05) is 0 Å². The normalized spacial score (nSPS) is 33.7. The lowest BCUT2D eigenvalue weighted by atomic mass is 9.86. The van der Waals surface area contributed by atoms with Crippen LogP contribution in [0.25, 0.3) is 9.69 Å². The quantitative estimate of drug-likeness (QED) is 0.175. The molecule has 0 aromatic rings. The summed E-state index contributed by atoms with van der Waals surface area (Å²) in [7, 11) is 3.69. The molecule has 0 saturated carbocycles. The van der Waals surface area contributed by atoms with Gasteiger partial charge in [-0.1, -0.05) is 0 Å². The molecule has 13 heteroatoms. The number of ether oxygens (including phenoxy) is 6. The van der Waals surface area contributed by atoms with E-state index in [-0.39, 0.29) is 55.8 Å². The minimum absolute atomic E-state index is 0.00515. The molecule has 3 N–H and O–H groups in total. The summed E-state index contributed by atoms with van der Waals surface area (Å²) in [5.74, 6) is -0.676. The van der Waals surface area contributed by atoms with Gasteiger partial charge in [0, 0.05) is 45.3 Å². The van der Waals surface area contributed by atoms with E-state index in [0.29, 0.717) is 51.6 Å². The van der Waals surface area contributed by atoms with E-state index in [9.17, 15) is 19.8 Å². The second kappa shape index (κ2) is 19.0. The van der Waals surface area contributed by atoms with Crippen molar-refractivity contribution in [2.45, 2.75) is 112 Å². The largest absolute Gasteiger partial charge is 0.469 e. The number of carbonyl (C=O) groups is 2. The maximum atomic E-state index is 11.2. The molecule has 0 aliphatic carbocycles. The minimum atomic E-state index is -0.712. The topological polar surface area (TPSA) is 159 Å². The Hall–Kier alpha value is -2.62. The molecular formula is C31H48N2O11. The van der Waals surface area contributed by atoms with Crippen LogP contribution in [-0.2, 0) is 38.0 Å². The third kappa shape index (κ3) is 10.2. The van der Waals surface area contributed by atoms with E-state index >= 15 is 0 Å². The van der Waals surface area contributed by atoms with Gasteiger partial charge in [0.05, 0.1) is 64.1 Å². The summed E-state index contributed by atoms with van der Waals surface area (Å²) in [4.78, 5) is 29.1. The van der Waals surface area contributed by atoms with Crippen molar-refractivity contribution in [3.63, 3.8) is 0 Å². The van der Waals surface area contributed by atoms with Crippen molar-refractivity contribution < 1.29 is 53.3 Å². The zero-order chi connectivity index (χ0) is 32.6. The summed E-state index contributed by atoms with van der Waals surface area (Å²) in [6.07, 6.45) is 9.07. The fourth-order valence-corrected chi connectivity index (χ4v) is 6.29. The van der Waals surface area contributed by atoms with Gasteiger partial charge in [0.2, 0.25) is 13.1 Å². The van der Waals surface area contributed by atoms with Crippen molar-refractivity contribution in [1.82, 2.24) is 0 Å². The van der Waals surface area contributed by atoms with Gasteiger partial charge in [-0.2, -0.15) is 0 Å². The van der Waals surface area contributed by atoms with E-state index in [1.54, 1.807) is 6.08 Å². The van der Waals surface area contributed by atoms with E-state index < -0.39 is 17.2 Å². The summed E-state index contributed by atoms with van der Waals surface area (Å²) in [6, 6.07) is 0. The molecule has 4 aliphatic heterocycles. The molecular weight excluding hydrogens is 576 g/mol. The van der Waals surface area contributed by atoms with Crippen molar-refractivity contribution in [2.24, 2.45) is 0 Å². The van der Waals surface area contributed by atoms with Gasteiger partial charge in [0.1, 0.15) is 11.2 Å². The van der Waals surface area contributed by atoms with Crippen molar-refractivity contribution in [1.29, 1.82) is 0 Å². The molecule has 44 heavy (non-hydrogen) atoms. The molecule has 4 heterocycles. The van der Waals surface area contributed by atoms with Crippen LogP contribution in [0.4, 0.5) is 0 Å². The fraction of sp³-hybridized carbons (Fsp3) is 0.806. The summed E-state index contributed by atoms with van der Waals surface area (Å²) in [5.41, 5.74) is -1.37. The van der Waals surface area contributed by atoms with Crippen LogP contribution in [0.5, 0.6) is 0 Å². The molecule has 13 nitrogen and oxygen atoms in total. The SMILES string of the molecule is CO.[C-]#[N+]CC[C@H]1CC[C@@H]2O[C@@H](/C=C/C(=O)OC)C[C@]2(CO)O1.[C-]#[N+]CC[C@H]1CC[C@@H]2O[C@@H](CCC(=O)OC)C[C@]2(CO)O1. The van der Waals surface area contributed by atoms with Crippen molar-refractivity contribution in [3.8, 4) is 0 Å². The standard InChI is InChI=1S/C15H23NO5.C15H21NO5.CH4O/c2*1-16-8-7-11-3-5-13-15(10-17,21-11)9-12(20-13)4-6-14(18)19-2;1-2/h11-13,17H,3-10H2,2H3;4,6,11-13,17H,3,5,7-10H2,2H3;2H,1H3/b;6-4+;/t2*11-,12+,13+,15-;/m11./s1. The van der Waals surface area contributed by atoms with E-state index in [4.69, 9.17) is 37.2 Å². The Morgan fingerprint density at radius 2 is 1.36 bits per heavy atom. The van der Waals surface area contributed by atoms with E-state index in [0.717, 1.165) is 32.8 Å². The second-order valence-corrected chi connectivity index (χ2v) is 11.2. The Labute approximate surface area is 260 Å². The number of hydrogen-bond donors (Lipinski definition) is 3. The van der Waals surface area contributed by atoms with Gasteiger partial charge in [-0.3, -0.25) is 4.79 Å². The predicted octanol–water partition coefficient (Wildman–Crippen LogP) is 2.02. The zero-order valence-electron chi connectivity index (χ0n) is 26.0. The molecule has 0 aromatic carbocycles. The van der Waals surface area contributed by atoms with Crippen molar-refractivity contribution >= 4 is 11.9 Å². The summed E-state index contributed by atoms with van der Waals surface area (Å²) >= 11 is 0. The van der Waals surface area contributed by atoms with E-state index in [2.05, 4.69) is 19.2 Å². The number of carbonyl (C=O) groups excluding carboxylic acids is 2. The van der Waals surface area contributed by atoms with Crippen LogP contribution in [0.1, 0.15) is 64.2 Å². The molecule has 0 aromatic heterocycles. The lowest BCUT2D eigenvalue weighted by molar-refractivity contribution is -0.182. The number of aliphatic hydroxyl groups excluding tert-OH is 3. The molecule has 248 valence electrons. The third-order valence-corrected chi connectivity index (χ3v) is 8.50. The molecule has 4 saturated heterocycles. The Balaban J connectivity index is 0.000000291. The van der Waals surface area contributed by atoms with E-state index in [1.165, 1.54) is 20.3 Å². The first-order valence-corrected chi connectivity index (χ1v) is 15.1. The molecule has 4 rings (SSSR count). The molecule has 4 aliphatic rings. The number of aliphatic hydroxyl groups is 3. The zero-order valence-corrected chi connectivity index (χ0v) is 26.0. The summed E-state index contributed by atoms with van der Waals surface area (Å²) in [5, 5.41) is 26.5. The molecule has 0 radical (unpaired) electrons. The minimum Gasteiger partial charge on any atom is -0.469 e. The monoisotopic (exact) mass is 624 g/mol. The third-order valence-electron chi connectivity index (χ3n) is 8.50. The number of esters is 2. The summed E-state index contributed by atoms with van der Waals surface area (Å²) < 4.78 is 33.1. The maximum absolute atomic E-state index is 11.2. The highest BCUT2D eigenvalue weighted by molar-refractivity contribution is 5.81. The lowest BCUT2D eigenvalue weighted by Gasteiger charge is -2.40. The van der Waals surface area contributed by atoms with Crippen LogP contribution in [0.2, 0.25) is 0 Å². The van der Waals surface area contributed by atoms with Gasteiger partial charge in [-0.05, 0) is 38.2 Å². The smallest absolute Gasteiger partial charge is 0.330 e. The van der Waals surface area contributed by atoms with Crippen LogP contribution >= 0.6 is 0 Å². The number of fused-ring (bicyclic) bond motifs is 2. The van der Waals surface area contributed by atoms with Gasteiger partial charge in [-0.25, -0.2) is 17.9 Å². The maximum Gasteiger partial charge on any atom is 0.330 e. The fourth-order valence-electron chi connectivity index (χ4n) is 6.29.